The van der Waals surface area contributed by atoms with E-state index in [1.54, 1.807) is 18.3 Å². The lowest BCUT2D eigenvalue weighted by Gasteiger charge is -2.22. The fraction of sp³-hybridized carbons (Fsp3) is 0.346. The van der Waals surface area contributed by atoms with Gasteiger partial charge in [-0.3, -0.25) is 4.79 Å². The van der Waals surface area contributed by atoms with Gasteiger partial charge in [-0.25, -0.2) is 4.98 Å². The van der Waals surface area contributed by atoms with E-state index in [0.29, 0.717) is 23.5 Å². The first-order valence-corrected chi connectivity index (χ1v) is 11.1. The highest BCUT2D eigenvalue weighted by atomic mass is 16.5. The zero-order chi connectivity index (χ0) is 22.3. The molecule has 1 aromatic heterocycles. The maximum absolute atomic E-state index is 13.3. The van der Waals surface area contributed by atoms with Crippen molar-refractivity contribution in [3.05, 3.63) is 64.2 Å². The van der Waals surface area contributed by atoms with E-state index < -0.39 is 0 Å². The number of fused-ring (bicyclic) bond motifs is 1. The molecule has 1 saturated carbocycles. The van der Waals surface area contributed by atoms with Crippen LogP contribution in [0.25, 0.3) is 10.9 Å². The minimum Gasteiger partial charge on any atom is -0.490 e. The minimum absolute atomic E-state index is 0.147. The van der Waals surface area contributed by atoms with Crippen molar-refractivity contribution in [2.75, 3.05) is 13.2 Å². The molecule has 164 valence electrons. The molecule has 0 radical (unpaired) electrons. The summed E-state index contributed by atoms with van der Waals surface area (Å²) in [6.07, 6.45) is 12.5. The maximum atomic E-state index is 13.3. The Balaban J connectivity index is 1.74. The smallest absolute Gasteiger partial charge is 0.282 e. The van der Waals surface area contributed by atoms with Crippen molar-refractivity contribution in [1.82, 2.24) is 9.66 Å². The van der Waals surface area contributed by atoms with Crippen LogP contribution in [0.2, 0.25) is 0 Å². The SMILES string of the molecule is C#CCOc1ccc(C=Nn2c(C3CCCCC3)nc3ccccc3c2=O)cc1OCC. The van der Waals surface area contributed by atoms with Gasteiger partial charge in [0, 0.05) is 5.92 Å². The number of para-hydroxylation sites is 1. The Morgan fingerprint density at radius 3 is 2.75 bits per heavy atom. The summed E-state index contributed by atoms with van der Waals surface area (Å²) in [7, 11) is 0. The van der Waals surface area contributed by atoms with E-state index in [-0.39, 0.29) is 18.1 Å². The third kappa shape index (κ3) is 4.67. The minimum atomic E-state index is -0.147. The highest BCUT2D eigenvalue weighted by Gasteiger charge is 2.22. The molecule has 1 heterocycles. The molecular weight excluding hydrogens is 402 g/mol. The van der Waals surface area contributed by atoms with Crippen molar-refractivity contribution in [3.8, 4) is 23.8 Å². The molecule has 0 aliphatic heterocycles. The Morgan fingerprint density at radius 2 is 1.97 bits per heavy atom. The summed E-state index contributed by atoms with van der Waals surface area (Å²) in [5.74, 6) is 4.59. The Bertz CT molecular complexity index is 1220. The number of benzene rings is 2. The summed E-state index contributed by atoms with van der Waals surface area (Å²) in [6.45, 7) is 2.56. The second-order valence-electron chi connectivity index (χ2n) is 7.82. The maximum Gasteiger partial charge on any atom is 0.282 e. The van der Waals surface area contributed by atoms with Crippen LogP contribution in [0.3, 0.4) is 0 Å². The van der Waals surface area contributed by atoms with Crippen molar-refractivity contribution >= 4 is 17.1 Å². The van der Waals surface area contributed by atoms with Gasteiger partial charge in [0.15, 0.2) is 11.5 Å². The summed E-state index contributed by atoms with van der Waals surface area (Å²) in [4.78, 5) is 18.2. The van der Waals surface area contributed by atoms with Gasteiger partial charge in [0.05, 0.1) is 23.7 Å². The third-order valence-corrected chi connectivity index (χ3v) is 5.65. The summed E-state index contributed by atoms with van der Waals surface area (Å²) >= 11 is 0. The number of aromatic nitrogens is 2. The number of hydrogen-bond donors (Lipinski definition) is 0. The highest BCUT2D eigenvalue weighted by Crippen LogP contribution is 2.32. The number of hydrogen-bond acceptors (Lipinski definition) is 5. The van der Waals surface area contributed by atoms with Crippen LogP contribution in [0.5, 0.6) is 11.5 Å². The lowest BCUT2D eigenvalue weighted by molar-refractivity contribution is 0.299. The van der Waals surface area contributed by atoms with Gasteiger partial charge in [-0.2, -0.15) is 9.78 Å². The van der Waals surface area contributed by atoms with E-state index in [0.717, 1.165) is 42.6 Å². The predicted molar refractivity (Wildman–Crippen MR) is 127 cm³/mol. The fourth-order valence-corrected chi connectivity index (χ4v) is 4.11. The predicted octanol–water partition coefficient (Wildman–Crippen LogP) is 4.74. The average Bonchev–Trinajstić information content (AvgIpc) is 2.83. The van der Waals surface area contributed by atoms with Gasteiger partial charge in [-0.1, -0.05) is 37.3 Å². The molecular formula is C26H27N3O3. The Morgan fingerprint density at radius 1 is 1.16 bits per heavy atom. The lowest BCUT2D eigenvalue weighted by atomic mass is 9.88. The molecule has 0 atom stereocenters. The van der Waals surface area contributed by atoms with Crippen molar-refractivity contribution in [1.29, 1.82) is 0 Å². The summed E-state index contributed by atoms with van der Waals surface area (Å²) in [5, 5.41) is 5.15. The molecule has 0 bridgehead atoms. The summed E-state index contributed by atoms with van der Waals surface area (Å²) < 4.78 is 12.7. The zero-order valence-corrected chi connectivity index (χ0v) is 18.3. The number of ether oxygens (including phenoxy) is 2. The molecule has 3 aromatic rings. The van der Waals surface area contributed by atoms with Crippen molar-refractivity contribution < 1.29 is 9.47 Å². The summed E-state index contributed by atoms with van der Waals surface area (Å²) in [5.41, 5.74) is 1.36. The second kappa shape index (κ2) is 10.1. The first-order chi connectivity index (χ1) is 15.7. The molecule has 32 heavy (non-hydrogen) atoms. The van der Waals surface area contributed by atoms with E-state index in [1.165, 1.54) is 11.1 Å². The monoisotopic (exact) mass is 429 g/mol. The molecule has 4 rings (SSSR count). The first kappa shape index (κ1) is 21.6. The third-order valence-electron chi connectivity index (χ3n) is 5.65. The molecule has 0 spiro atoms. The molecule has 0 amide bonds. The molecule has 1 aliphatic rings. The van der Waals surface area contributed by atoms with E-state index in [9.17, 15) is 4.79 Å². The van der Waals surface area contributed by atoms with Crippen LogP contribution in [-0.4, -0.2) is 29.1 Å². The van der Waals surface area contributed by atoms with Gasteiger partial charge < -0.3 is 9.47 Å². The zero-order valence-electron chi connectivity index (χ0n) is 18.3. The quantitative estimate of drug-likeness (QED) is 0.402. The van der Waals surface area contributed by atoms with Crippen LogP contribution in [0.4, 0.5) is 0 Å². The van der Waals surface area contributed by atoms with Crippen LogP contribution in [-0.2, 0) is 0 Å². The van der Waals surface area contributed by atoms with Crippen molar-refractivity contribution in [2.45, 2.75) is 44.9 Å². The second-order valence-corrected chi connectivity index (χ2v) is 7.82. The van der Waals surface area contributed by atoms with Gasteiger partial charge >= 0.3 is 0 Å². The van der Waals surface area contributed by atoms with Gasteiger partial charge in [0.2, 0.25) is 0 Å². The van der Waals surface area contributed by atoms with Crippen LogP contribution in [0.15, 0.2) is 52.4 Å². The average molecular weight is 430 g/mol. The molecule has 0 N–H and O–H groups in total. The van der Waals surface area contributed by atoms with Crippen molar-refractivity contribution in [3.63, 3.8) is 0 Å². The molecule has 0 unspecified atom stereocenters. The normalized spacial score (nSPS) is 14.5. The Hall–Kier alpha value is -3.59. The van der Waals surface area contributed by atoms with Gasteiger partial charge in [-0.05, 0) is 55.7 Å². The largest absolute Gasteiger partial charge is 0.490 e. The van der Waals surface area contributed by atoms with Gasteiger partial charge in [0.25, 0.3) is 5.56 Å². The molecule has 6 nitrogen and oxygen atoms in total. The fourth-order valence-electron chi connectivity index (χ4n) is 4.11. The highest BCUT2D eigenvalue weighted by molar-refractivity contribution is 5.81. The van der Waals surface area contributed by atoms with Crippen LogP contribution >= 0.6 is 0 Å². The van der Waals surface area contributed by atoms with E-state index >= 15 is 0 Å². The van der Waals surface area contributed by atoms with Crippen molar-refractivity contribution in [2.24, 2.45) is 5.10 Å². The van der Waals surface area contributed by atoms with E-state index in [4.69, 9.17) is 20.9 Å². The Kier molecular flexibility index (Phi) is 6.86. The first-order valence-electron chi connectivity index (χ1n) is 11.1. The molecule has 2 aromatic carbocycles. The standard InChI is InChI=1S/C26H27N3O3/c1-3-16-32-23-15-14-19(17-24(23)31-4-2)18-27-29-25(20-10-6-5-7-11-20)28-22-13-9-8-12-21(22)26(29)30/h1,8-9,12-15,17-18,20H,4-7,10-11,16H2,2H3. The van der Waals surface area contributed by atoms with Gasteiger partial charge in [0.1, 0.15) is 12.4 Å². The molecule has 1 fully saturated rings. The molecule has 1 aliphatic carbocycles. The number of nitrogens with zero attached hydrogens (tertiary/aromatic N) is 3. The van der Waals surface area contributed by atoms with Crippen LogP contribution in [0, 0.1) is 12.3 Å². The van der Waals surface area contributed by atoms with Crippen LogP contribution < -0.4 is 15.0 Å². The topological polar surface area (TPSA) is 65.7 Å². The van der Waals surface area contributed by atoms with Gasteiger partial charge in [-0.15, -0.1) is 6.42 Å². The molecule has 0 saturated heterocycles. The summed E-state index contributed by atoms with van der Waals surface area (Å²) in [6, 6.07) is 12.9. The van der Waals surface area contributed by atoms with Crippen LogP contribution in [0.1, 0.15) is 56.3 Å². The van der Waals surface area contributed by atoms with E-state index in [1.807, 2.05) is 37.3 Å². The van der Waals surface area contributed by atoms with E-state index in [2.05, 4.69) is 11.0 Å². The number of terminal acetylenes is 1. The Labute approximate surface area is 187 Å². The molecule has 6 heteroatoms. The number of rotatable bonds is 7. The lowest BCUT2D eigenvalue weighted by Crippen LogP contribution is -2.25.